The summed E-state index contributed by atoms with van der Waals surface area (Å²) in [5, 5.41) is 0. The Hall–Kier alpha value is -0.460. The highest BCUT2D eigenvalue weighted by molar-refractivity contribution is 4.84. The van der Waals surface area contributed by atoms with E-state index in [4.69, 9.17) is 0 Å². The molecule has 0 amide bonds. The zero-order valence-electron chi connectivity index (χ0n) is 8.46. The number of hydrogen-bond acceptors (Lipinski definition) is 1. The van der Waals surface area contributed by atoms with E-state index >= 15 is 0 Å². The molecule has 0 saturated carbocycles. The molecule has 66 valence electrons. The lowest BCUT2D eigenvalue weighted by molar-refractivity contribution is 0.236. The number of allylic oxidation sites excluding steroid dienone is 1. The van der Waals surface area contributed by atoms with E-state index in [9.17, 15) is 0 Å². The average Bonchev–Trinajstić information content (AvgIpc) is 1.98. The van der Waals surface area contributed by atoms with Gasteiger partial charge in [-0.1, -0.05) is 13.0 Å². The molecule has 1 unspecified atom stereocenters. The van der Waals surface area contributed by atoms with Gasteiger partial charge in [0.05, 0.1) is 0 Å². The average molecular weight is 155 g/mol. The number of hydrogen-bond donors (Lipinski definition) is 0. The van der Waals surface area contributed by atoms with Crippen molar-refractivity contribution in [1.29, 1.82) is 0 Å². The summed E-state index contributed by atoms with van der Waals surface area (Å²) in [5.41, 5.74) is 0. The van der Waals surface area contributed by atoms with Crippen LogP contribution in [-0.2, 0) is 0 Å². The van der Waals surface area contributed by atoms with E-state index in [2.05, 4.69) is 51.8 Å². The Balaban J connectivity index is 4.09. The molecule has 0 saturated heterocycles. The Morgan fingerprint density at radius 3 is 2.09 bits per heavy atom. The van der Waals surface area contributed by atoms with E-state index in [0.717, 1.165) is 0 Å². The van der Waals surface area contributed by atoms with E-state index in [-0.39, 0.29) is 0 Å². The van der Waals surface area contributed by atoms with Gasteiger partial charge in [0, 0.05) is 12.1 Å². The first-order valence-corrected chi connectivity index (χ1v) is 4.53. The molecule has 0 aliphatic rings. The van der Waals surface area contributed by atoms with Gasteiger partial charge in [-0.3, -0.25) is 0 Å². The van der Waals surface area contributed by atoms with Crippen LogP contribution in [-0.4, -0.2) is 17.0 Å². The van der Waals surface area contributed by atoms with Crippen molar-refractivity contribution < 1.29 is 0 Å². The Morgan fingerprint density at radius 1 is 1.27 bits per heavy atom. The van der Waals surface area contributed by atoms with Gasteiger partial charge in [-0.25, -0.2) is 0 Å². The fraction of sp³-hybridized carbons (Fsp3) is 0.800. The Labute approximate surface area is 71.1 Å². The molecule has 0 aromatic carbocycles. The standard InChI is InChI=1S/C10H21N/c1-6-8-11(9(3)4)10(5)7-2/h6,8-10H,7H2,1-5H3/b8-6-. The van der Waals surface area contributed by atoms with E-state index < -0.39 is 0 Å². The van der Waals surface area contributed by atoms with E-state index in [0.29, 0.717) is 12.1 Å². The van der Waals surface area contributed by atoms with E-state index in [1.54, 1.807) is 0 Å². The Bertz CT molecular complexity index is 116. The molecule has 0 radical (unpaired) electrons. The molecule has 0 bridgehead atoms. The molecule has 0 fully saturated rings. The molecule has 1 heteroatoms. The van der Waals surface area contributed by atoms with Gasteiger partial charge in [0.2, 0.25) is 0 Å². The van der Waals surface area contributed by atoms with Crippen molar-refractivity contribution in [2.24, 2.45) is 0 Å². The Kier molecular flexibility index (Phi) is 5.01. The maximum Gasteiger partial charge on any atom is 0.0256 e. The molecule has 11 heavy (non-hydrogen) atoms. The maximum atomic E-state index is 2.39. The van der Waals surface area contributed by atoms with Crippen molar-refractivity contribution in [2.45, 2.75) is 53.1 Å². The molecule has 0 aliphatic carbocycles. The topological polar surface area (TPSA) is 3.24 Å². The van der Waals surface area contributed by atoms with Crippen LogP contribution in [0.5, 0.6) is 0 Å². The highest BCUT2D eigenvalue weighted by atomic mass is 15.2. The van der Waals surface area contributed by atoms with Crippen LogP contribution in [0.2, 0.25) is 0 Å². The number of rotatable bonds is 4. The summed E-state index contributed by atoms with van der Waals surface area (Å²) in [7, 11) is 0. The number of nitrogens with zero attached hydrogens (tertiary/aromatic N) is 1. The molecular weight excluding hydrogens is 134 g/mol. The van der Waals surface area contributed by atoms with Crippen molar-refractivity contribution in [3.63, 3.8) is 0 Å². The van der Waals surface area contributed by atoms with Crippen molar-refractivity contribution in [1.82, 2.24) is 4.90 Å². The minimum Gasteiger partial charge on any atom is -0.373 e. The van der Waals surface area contributed by atoms with Gasteiger partial charge >= 0.3 is 0 Å². The molecule has 0 rings (SSSR count). The van der Waals surface area contributed by atoms with Crippen LogP contribution >= 0.6 is 0 Å². The first-order chi connectivity index (χ1) is 5.13. The minimum atomic E-state index is 0.612. The smallest absolute Gasteiger partial charge is 0.0256 e. The molecule has 1 nitrogen and oxygen atoms in total. The zero-order valence-corrected chi connectivity index (χ0v) is 8.46. The monoisotopic (exact) mass is 155 g/mol. The summed E-state index contributed by atoms with van der Waals surface area (Å²) in [4.78, 5) is 2.39. The van der Waals surface area contributed by atoms with Crippen LogP contribution in [0, 0.1) is 0 Å². The highest BCUT2D eigenvalue weighted by Crippen LogP contribution is 2.08. The first kappa shape index (κ1) is 10.5. The first-order valence-electron chi connectivity index (χ1n) is 4.53. The summed E-state index contributed by atoms with van der Waals surface area (Å²) < 4.78 is 0. The Morgan fingerprint density at radius 2 is 1.82 bits per heavy atom. The van der Waals surface area contributed by atoms with Crippen molar-refractivity contribution >= 4 is 0 Å². The molecule has 0 aliphatic heterocycles. The van der Waals surface area contributed by atoms with Crippen molar-refractivity contribution in [2.75, 3.05) is 0 Å². The minimum absolute atomic E-state index is 0.612. The maximum absolute atomic E-state index is 2.39. The molecule has 0 aromatic heterocycles. The van der Waals surface area contributed by atoms with Crippen LogP contribution in [0.25, 0.3) is 0 Å². The highest BCUT2D eigenvalue weighted by Gasteiger charge is 2.09. The molecule has 0 aromatic rings. The van der Waals surface area contributed by atoms with Crippen LogP contribution in [0.4, 0.5) is 0 Å². The lowest BCUT2D eigenvalue weighted by atomic mass is 10.2. The van der Waals surface area contributed by atoms with Gasteiger partial charge in [-0.05, 0) is 40.3 Å². The van der Waals surface area contributed by atoms with Crippen molar-refractivity contribution in [3.05, 3.63) is 12.3 Å². The summed E-state index contributed by atoms with van der Waals surface area (Å²) >= 11 is 0. The van der Waals surface area contributed by atoms with Gasteiger partial charge in [-0.2, -0.15) is 0 Å². The predicted molar refractivity (Wildman–Crippen MR) is 51.5 cm³/mol. The second-order valence-electron chi connectivity index (χ2n) is 3.28. The van der Waals surface area contributed by atoms with Gasteiger partial charge in [0.15, 0.2) is 0 Å². The van der Waals surface area contributed by atoms with Crippen LogP contribution in [0.1, 0.15) is 41.0 Å². The van der Waals surface area contributed by atoms with Crippen molar-refractivity contribution in [3.8, 4) is 0 Å². The molecule has 1 atom stereocenters. The van der Waals surface area contributed by atoms with E-state index in [1.807, 2.05) is 0 Å². The summed E-state index contributed by atoms with van der Waals surface area (Å²) in [5.74, 6) is 0. The third-order valence-corrected chi connectivity index (χ3v) is 2.02. The van der Waals surface area contributed by atoms with Crippen LogP contribution in [0.15, 0.2) is 12.3 Å². The lowest BCUT2D eigenvalue weighted by Gasteiger charge is -2.30. The van der Waals surface area contributed by atoms with Gasteiger partial charge in [0.25, 0.3) is 0 Å². The lowest BCUT2D eigenvalue weighted by Crippen LogP contribution is -2.33. The third kappa shape index (κ3) is 3.45. The second-order valence-corrected chi connectivity index (χ2v) is 3.28. The van der Waals surface area contributed by atoms with E-state index in [1.165, 1.54) is 6.42 Å². The molecule has 0 heterocycles. The SMILES string of the molecule is C/C=C\N(C(C)C)C(C)CC. The van der Waals surface area contributed by atoms with Crippen LogP contribution < -0.4 is 0 Å². The fourth-order valence-electron chi connectivity index (χ4n) is 1.21. The third-order valence-electron chi connectivity index (χ3n) is 2.02. The molecular formula is C10H21N. The summed E-state index contributed by atoms with van der Waals surface area (Å²) in [6, 6.07) is 1.27. The van der Waals surface area contributed by atoms with Crippen LogP contribution in [0.3, 0.4) is 0 Å². The fourth-order valence-corrected chi connectivity index (χ4v) is 1.21. The normalized spacial score (nSPS) is 14.4. The molecule has 0 spiro atoms. The molecule has 0 N–H and O–H groups in total. The van der Waals surface area contributed by atoms with Gasteiger partial charge < -0.3 is 4.90 Å². The predicted octanol–water partition coefficient (Wildman–Crippen LogP) is 3.03. The zero-order chi connectivity index (χ0) is 8.85. The summed E-state index contributed by atoms with van der Waals surface area (Å²) in [6.45, 7) is 11.0. The van der Waals surface area contributed by atoms with Gasteiger partial charge in [-0.15, -0.1) is 0 Å². The van der Waals surface area contributed by atoms with Gasteiger partial charge in [0.1, 0.15) is 0 Å². The summed E-state index contributed by atoms with van der Waals surface area (Å²) in [6.07, 6.45) is 5.49. The second kappa shape index (κ2) is 5.22. The largest absolute Gasteiger partial charge is 0.373 e. The quantitative estimate of drug-likeness (QED) is 0.603.